The maximum absolute atomic E-state index is 13.7. The van der Waals surface area contributed by atoms with Crippen molar-refractivity contribution in [1.29, 1.82) is 0 Å². The number of rotatable bonds is 14. The molecule has 0 heterocycles. The molecule has 7 nitrogen and oxygen atoms in total. The average molecular weight is 570 g/mol. The first-order valence-corrected chi connectivity index (χ1v) is 14.9. The van der Waals surface area contributed by atoms with Crippen LogP contribution >= 0.6 is 11.6 Å². The number of hydrogen-bond donors (Lipinski definition) is 1. The molecule has 3 aromatic rings. The summed E-state index contributed by atoms with van der Waals surface area (Å²) in [5.41, 5.74) is 1.79. The third-order valence-corrected chi connectivity index (χ3v) is 8.52. The van der Waals surface area contributed by atoms with Crippen LogP contribution in [0.15, 0.2) is 89.8 Å². The van der Waals surface area contributed by atoms with Crippen LogP contribution in [0.25, 0.3) is 0 Å². The Labute approximate surface area is 236 Å². The van der Waals surface area contributed by atoms with Crippen LogP contribution in [0.4, 0.5) is 0 Å². The molecule has 0 aliphatic heterocycles. The Morgan fingerprint density at radius 3 is 2.13 bits per heavy atom. The summed E-state index contributed by atoms with van der Waals surface area (Å²) in [5.74, 6) is -0.435. The van der Waals surface area contributed by atoms with Crippen molar-refractivity contribution in [2.24, 2.45) is 0 Å². The molecule has 0 bridgehead atoms. The van der Waals surface area contributed by atoms with E-state index in [9.17, 15) is 18.0 Å². The molecule has 0 saturated heterocycles. The van der Waals surface area contributed by atoms with Crippen molar-refractivity contribution in [2.75, 3.05) is 20.1 Å². The van der Waals surface area contributed by atoms with Gasteiger partial charge in [-0.15, -0.1) is 0 Å². The first-order chi connectivity index (χ1) is 18.7. The van der Waals surface area contributed by atoms with E-state index >= 15 is 0 Å². The highest BCUT2D eigenvalue weighted by molar-refractivity contribution is 7.89. The van der Waals surface area contributed by atoms with Gasteiger partial charge in [-0.1, -0.05) is 79.2 Å². The minimum Gasteiger partial charge on any atom is -0.354 e. The summed E-state index contributed by atoms with van der Waals surface area (Å²) in [7, 11) is -2.15. The zero-order valence-corrected chi connectivity index (χ0v) is 24.0. The van der Waals surface area contributed by atoms with Gasteiger partial charge < -0.3 is 10.2 Å². The molecule has 1 atom stereocenters. The van der Waals surface area contributed by atoms with Crippen LogP contribution < -0.4 is 5.32 Å². The molecule has 208 valence electrons. The summed E-state index contributed by atoms with van der Waals surface area (Å²) in [6.07, 6.45) is 1.54. The van der Waals surface area contributed by atoms with Crippen LogP contribution in [-0.2, 0) is 32.6 Å². The lowest BCUT2D eigenvalue weighted by molar-refractivity contribution is -0.141. The zero-order chi connectivity index (χ0) is 28.3. The molecule has 1 unspecified atom stereocenters. The van der Waals surface area contributed by atoms with E-state index in [1.165, 1.54) is 11.4 Å². The van der Waals surface area contributed by atoms with Crippen molar-refractivity contribution in [1.82, 2.24) is 14.5 Å². The molecule has 39 heavy (non-hydrogen) atoms. The Kier molecular flexibility index (Phi) is 11.5. The van der Waals surface area contributed by atoms with Gasteiger partial charge in [-0.25, -0.2) is 12.7 Å². The lowest BCUT2D eigenvalue weighted by Gasteiger charge is -2.32. The van der Waals surface area contributed by atoms with Gasteiger partial charge in [0.05, 0.1) is 4.90 Å². The zero-order valence-electron chi connectivity index (χ0n) is 22.4. The SMILES string of the molecule is CCCNC(=O)C(Cc1ccccc1)N(Cc1ccc(Cl)cc1)C(=O)CCCN(C)S(=O)(=O)c1ccccc1. The Morgan fingerprint density at radius 1 is 0.897 bits per heavy atom. The van der Waals surface area contributed by atoms with E-state index in [-0.39, 0.29) is 36.2 Å². The van der Waals surface area contributed by atoms with E-state index in [2.05, 4.69) is 5.32 Å². The molecular weight excluding hydrogens is 534 g/mol. The van der Waals surface area contributed by atoms with Crippen LogP contribution in [0.2, 0.25) is 5.02 Å². The van der Waals surface area contributed by atoms with E-state index in [0.717, 1.165) is 17.5 Å². The second kappa shape index (κ2) is 14.8. The minimum atomic E-state index is -3.66. The third-order valence-electron chi connectivity index (χ3n) is 6.40. The highest BCUT2D eigenvalue weighted by Crippen LogP contribution is 2.19. The Hall–Kier alpha value is -3.20. The highest BCUT2D eigenvalue weighted by Gasteiger charge is 2.30. The Bertz CT molecular complexity index is 1300. The largest absolute Gasteiger partial charge is 0.354 e. The standard InChI is InChI=1S/C30H36ClN3O4S/c1-3-20-32-30(36)28(22-24-11-6-4-7-12-24)34(23-25-16-18-26(31)19-17-25)29(35)15-10-21-33(2)39(37,38)27-13-8-5-9-14-27/h4-9,11-14,16-19,28H,3,10,15,20-23H2,1-2H3,(H,32,36). The predicted molar refractivity (Wildman–Crippen MR) is 155 cm³/mol. The van der Waals surface area contributed by atoms with Crippen LogP contribution in [0.1, 0.15) is 37.3 Å². The summed E-state index contributed by atoms with van der Waals surface area (Å²) in [4.78, 5) is 28.8. The van der Waals surface area contributed by atoms with E-state index < -0.39 is 16.1 Å². The first kappa shape index (κ1) is 30.3. The molecule has 3 rings (SSSR count). The minimum absolute atomic E-state index is 0.0919. The number of nitrogens with zero attached hydrogens (tertiary/aromatic N) is 2. The topological polar surface area (TPSA) is 86.8 Å². The van der Waals surface area contributed by atoms with E-state index in [1.54, 1.807) is 47.4 Å². The fourth-order valence-electron chi connectivity index (χ4n) is 4.20. The van der Waals surface area contributed by atoms with Gasteiger partial charge in [-0.2, -0.15) is 0 Å². The molecule has 0 aromatic heterocycles. The predicted octanol–water partition coefficient (Wildman–Crippen LogP) is 4.91. The van der Waals surface area contributed by atoms with Crippen molar-refractivity contribution in [3.63, 3.8) is 0 Å². The van der Waals surface area contributed by atoms with Gasteiger partial charge >= 0.3 is 0 Å². The first-order valence-electron chi connectivity index (χ1n) is 13.1. The van der Waals surface area contributed by atoms with Crippen LogP contribution in [0.3, 0.4) is 0 Å². The van der Waals surface area contributed by atoms with Crippen LogP contribution in [0, 0.1) is 0 Å². The Balaban J connectivity index is 1.80. The smallest absolute Gasteiger partial charge is 0.243 e. The van der Waals surface area contributed by atoms with E-state index in [1.807, 2.05) is 49.4 Å². The van der Waals surface area contributed by atoms with Crippen molar-refractivity contribution in [3.05, 3.63) is 101 Å². The van der Waals surface area contributed by atoms with Gasteiger partial charge in [0.2, 0.25) is 21.8 Å². The maximum atomic E-state index is 13.7. The van der Waals surface area contributed by atoms with Crippen molar-refractivity contribution in [3.8, 4) is 0 Å². The number of benzene rings is 3. The maximum Gasteiger partial charge on any atom is 0.243 e. The number of sulfonamides is 1. The summed E-state index contributed by atoms with van der Waals surface area (Å²) >= 11 is 6.07. The normalized spacial score (nSPS) is 12.2. The van der Waals surface area contributed by atoms with Gasteiger partial charge in [0, 0.05) is 44.5 Å². The van der Waals surface area contributed by atoms with Gasteiger partial charge in [-0.05, 0) is 48.2 Å². The monoisotopic (exact) mass is 569 g/mol. The van der Waals surface area contributed by atoms with Crippen LogP contribution in [-0.4, -0.2) is 55.6 Å². The van der Waals surface area contributed by atoms with Gasteiger partial charge in [0.15, 0.2) is 0 Å². The highest BCUT2D eigenvalue weighted by atomic mass is 35.5. The van der Waals surface area contributed by atoms with Gasteiger partial charge in [0.25, 0.3) is 0 Å². The number of hydrogen-bond acceptors (Lipinski definition) is 4. The molecule has 0 fully saturated rings. The number of carbonyl (C=O) groups is 2. The molecule has 0 spiro atoms. The number of amides is 2. The van der Waals surface area contributed by atoms with Crippen molar-refractivity contribution >= 4 is 33.4 Å². The summed E-state index contributed by atoms with van der Waals surface area (Å²) < 4.78 is 27.0. The molecule has 0 aliphatic carbocycles. The Morgan fingerprint density at radius 2 is 1.51 bits per heavy atom. The lowest BCUT2D eigenvalue weighted by atomic mass is 10.0. The lowest BCUT2D eigenvalue weighted by Crippen LogP contribution is -2.50. The quantitative estimate of drug-likeness (QED) is 0.299. The molecule has 0 radical (unpaired) electrons. The number of halogens is 1. The van der Waals surface area contributed by atoms with E-state index in [0.29, 0.717) is 24.4 Å². The molecular formula is C30H36ClN3O4S. The van der Waals surface area contributed by atoms with Crippen molar-refractivity contribution < 1.29 is 18.0 Å². The number of carbonyl (C=O) groups excluding carboxylic acids is 2. The second-order valence-electron chi connectivity index (χ2n) is 9.39. The summed E-state index contributed by atoms with van der Waals surface area (Å²) in [6, 6.07) is 24.3. The fraction of sp³-hybridized carbons (Fsp3) is 0.333. The van der Waals surface area contributed by atoms with Crippen molar-refractivity contribution in [2.45, 2.75) is 50.1 Å². The molecule has 0 saturated carbocycles. The summed E-state index contributed by atoms with van der Waals surface area (Å²) in [6.45, 7) is 2.88. The fourth-order valence-corrected chi connectivity index (χ4v) is 5.55. The third kappa shape index (κ3) is 8.92. The van der Waals surface area contributed by atoms with E-state index in [4.69, 9.17) is 11.6 Å². The molecule has 2 amide bonds. The van der Waals surface area contributed by atoms with Gasteiger partial charge in [0.1, 0.15) is 6.04 Å². The molecule has 3 aromatic carbocycles. The summed E-state index contributed by atoms with van der Waals surface area (Å²) in [5, 5.41) is 3.54. The molecule has 9 heteroatoms. The molecule has 1 N–H and O–H groups in total. The number of nitrogens with one attached hydrogen (secondary N) is 1. The van der Waals surface area contributed by atoms with Gasteiger partial charge in [-0.3, -0.25) is 9.59 Å². The molecule has 0 aliphatic rings. The average Bonchev–Trinajstić information content (AvgIpc) is 2.95. The second-order valence-corrected chi connectivity index (χ2v) is 11.9. The van der Waals surface area contributed by atoms with Crippen LogP contribution in [0.5, 0.6) is 0 Å².